The molecule has 2 N–H and O–H groups in total. The normalized spacial score (nSPS) is 10.6. The molecule has 7 nitrogen and oxygen atoms in total. The van der Waals surface area contributed by atoms with E-state index in [4.69, 9.17) is 10.2 Å². The summed E-state index contributed by atoms with van der Waals surface area (Å²) in [5.74, 6) is -4.76. The van der Waals surface area contributed by atoms with E-state index in [1.807, 2.05) is 0 Å². The second-order valence-corrected chi connectivity index (χ2v) is 4.09. The molecule has 0 saturated carbocycles. The number of nitrogens with zero attached hydrogens (tertiary/aromatic N) is 3. The summed E-state index contributed by atoms with van der Waals surface area (Å²) < 4.78 is 27.3. The number of rotatable bonds is 5. The van der Waals surface area contributed by atoms with Crippen molar-refractivity contribution in [3.05, 3.63) is 35.5 Å². The van der Waals surface area contributed by atoms with Gasteiger partial charge in [-0.15, -0.1) is 5.10 Å². The van der Waals surface area contributed by atoms with Crippen molar-refractivity contribution in [2.24, 2.45) is 0 Å². The van der Waals surface area contributed by atoms with Gasteiger partial charge in [0.2, 0.25) is 0 Å². The molecule has 0 spiro atoms. The lowest BCUT2D eigenvalue weighted by atomic mass is 10.1. The van der Waals surface area contributed by atoms with Gasteiger partial charge in [0.15, 0.2) is 17.3 Å². The molecular formula is C12H9F2N3O4. The predicted molar refractivity (Wildman–Crippen MR) is 64.6 cm³/mol. The van der Waals surface area contributed by atoms with Crippen molar-refractivity contribution < 1.29 is 28.6 Å². The Morgan fingerprint density at radius 2 is 1.90 bits per heavy atom. The summed E-state index contributed by atoms with van der Waals surface area (Å²) in [4.78, 5) is 21.7. The summed E-state index contributed by atoms with van der Waals surface area (Å²) in [6.07, 6.45) is -0.320. The molecule has 2 aromatic rings. The summed E-state index contributed by atoms with van der Waals surface area (Å²) in [6.45, 7) is -0.149. The summed E-state index contributed by atoms with van der Waals surface area (Å²) in [6, 6.07) is 2.81. The maximum atomic E-state index is 13.3. The number of aryl methyl sites for hydroxylation is 1. The minimum atomic E-state index is -1.41. The highest BCUT2D eigenvalue weighted by Gasteiger charge is 2.21. The van der Waals surface area contributed by atoms with Gasteiger partial charge in [0.25, 0.3) is 0 Å². The van der Waals surface area contributed by atoms with E-state index in [-0.39, 0.29) is 24.2 Å². The molecule has 0 amide bonds. The van der Waals surface area contributed by atoms with Crippen LogP contribution in [0.5, 0.6) is 0 Å². The summed E-state index contributed by atoms with van der Waals surface area (Å²) in [5.41, 5.74) is -0.504. The van der Waals surface area contributed by atoms with Crippen molar-refractivity contribution in [2.75, 3.05) is 0 Å². The van der Waals surface area contributed by atoms with Crippen LogP contribution in [-0.4, -0.2) is 37.1 Å². The number of aromatic carboxylic acids is 1. The second kappa shape index (κ2) is 5.65. The maximum Gasteiger partial charge on any atom is 0.358 e. The number of aromatic nitrogens is 3. The van der Waals surface area contributed by atoms with E-state index in [0.29, 0.717) is 0 Å². The molecule has 0 radical (unpaired) electrons. The SMILES string of the molecule is O=C(O)CCn1nnc(C(=O)O)c1-c1ccc(F)c(F)c1. The molecule has 0 aliphatic carbocycles. The van der Waals surface area contributed by atoms with Crippen molar-refractivity contribution in [3.8, 4) is 11.3 Å². The van der Waals surface area contributed by atoms with Crippen molar-refractivity contribution in [1.29, 1.82) is 0 Å². The fourth-order valence-corrected chi connectivity index (χ4v) is 1.74. The Labute approximate surface area is 116 Å². The average molecular weight is 297 g/mol. The van der Waals surface area contributed by atoms with Gasteiger partial charge in [0, 0.05) is 5.56 Å². The van der Waals surface area contributed by atoms with Crippen molar-refractivity contribution in [3.63, 3.8) is 0 Å². The molecule has 0 atom stereocenters. The largest absolute Gasteiger partial charge is 0.481 e. The topological polar surface area (TPSA) is 105 Å². The van der Waals surface area contributed by atoms with Crippen LogP contribution in [0.1, 0.15) is 16.9 Å². The van der Waals surface area contributed by atoms with Crippen LogP contribution >= 0.6 is 0 Å². The van der Waals surface area contributed by atoms with Crippen LogP contribution in [-0.2, 0) is 11.3 Å². The zero-order valence-corrected chi connectivity index (χ0v) is 10.5. The Morgan fingerprint density at radius 1 is 1.19 bits per heavy atom. The van der Waals surface area contributed by atoms with E-state index in [2.05, 4.69) is 10.3 Å². The monoisotopic (exact) mass is 297 g/mol. The van der Waals surface area contributed by atoms with E-state index >= 15 is 0 Å². The number of halogens is 2. The van der Waals surface area contributed by atoms with Gasteiger partial charge in [-0.25, -0.2) is 18.3 Å². The van der Waals surface area contributed by atoms with E-state index in [9.17, 15) is 18.4 Å². The van der Waals surface area contributed by atoms with E-state index in [0.717, 1.165) is 16.8 Å². The lowest BCUT2D eigenvalue weighted by Gasteiger charge is -2.06. The fraction of sp³-hybridized carbons (Fsp3) is 0.167. The molecule has 1 aromatic carbocycles. The van der Waals surface area contributed by atoms with Gasteiger partial charge < -0.3 is 10.2 Å². The van der Waals surface area contributed by atoms with Gasteiger partial charge in [0.1, 0.15) is 5.69 Å². The minimum absolute atomic E-state index is 0.0432. The number of benzene rings is 1. The molecule has 2 rings (SSSR count). The van der Waals surface area contributed by atoms with Crippen molar-refractivity contribution >= 4 is 11.9 Å². The van der Waals surface area contributed by atoms with Crippen LogP contribution < -0.4 is 0 Å². The summed E-state index contributed by atoms with van der Waals surface area (Å²) in [5, 5.41) is 24.7. The van der Waals surface area contributed by atoms with Gasteiger partial charge in [0.05, 0.1) is 13.0 Å². The van der Waals surface area contributed by atoms with Gasteiger partial charge in [-0.05, 0) is 18.2 Å². The Kier molecular flexibility index (Phi) is 3.92. The second-order valence-electron chi connectivity index (χ2n) is 4.09. The molecule has 0 unspecified atom stereocenters. The zero-order chi connectivity index (χ0) is 15.6. The predicted octanol–water partition coefficient (Wildman–Crippen LogP) is 1.40. The minimum Gasteiger partial charge on any atom is -0.481 e. The molecular weight excluding hydrogens is 288 g/mol. The van der Waals surface area contributed by atoms with Crippen LogP contribution in [0.15, 0.2) is 18.2 Å². The Bertz CT molecular complexity index is 715. The number of aliphatic carboxylic acids is 1. The fourth-order valence-electron chi connectivity index (χ4n) is 1.74. The van der Waals surface area contributed by atoms with Gasteiger partial charge >= 0.3 is 11.9 Å². The molecule has 9 heteroatoms. The number of carboxylic acids is 2. The van der Waals surface area contributed by atoms with Gasteiger partial charge in [-0.3, -0.25) is 4.79 Å². The van der Waals surface area contributed by atoms with Crippen LogP contribution in [0.25, 0.3) is 11.3 Å². The first-order chi connectivity index (χ1) is 9.90. The maximum absolute atomic E-state index is 13.3. The van der Waals surface area contributed by atoms with E-state index in [1.54, 1.807) is 0 Å². The lowest BCUT2D eigenvalue weighted by Crippen LogP contribution is -2.09. The van der Waals surface area contributed by atoms with E-state index < -0.39 is 29.3 Å². The standard InChI is InChI=1S/C12H9F2N3O4/c13-7-2-1-6(5-8(7)14)11-10(12(20)21)15-16-17(11)4-3-9(18)19/h1-2,5H,3-4H2,(H,18,19)(H,20,21). The first kappa shape index (κ1) is 14.6. The number of hydrogen-bond acceptors (Lipinski definition) is 4. The summed E-state index contributed by atoms with van der Waals surface area (Å²) >= 11 is 0. The number of hydrogen-bond donors (Lipinski definition) is 2. The van der Waals surface area contributed by atoms with Crippen molar-refractivity contribution in [1.82, 2.24) is 15.0 Å². The third-order valence-electron chi connectivity index (χ3n) is 2.67. The molecule has 0 aliphatic heterocycles. The third kappa shape index (κ3) is 3.02. The Hall–Kier alpha value is -2.84. The molecule has 1 aromatic heterocycles. The third-order valence-corrected chi connectivity index (χ3v) is 2.67. The molecule has 0 bridgehead atoms. The molecule has 0 aliphatic rings. The molecule has 110 valence electrons. The highest BCUT2D eigenvalue weighted by Crippen LogP contribution is 2.24. The molecule has 0 saturated heterocycles. The van der Waals surface area contributed by atoms with Crippen molar-refractivity contribution in [2.45, 2.75) is 13.0 Å². The average Bonchev–Trinajstić information content (AvgIpc) is 2.83. The van der Waals surface area contributed by atoms with Crippen LogP contribution in [0.3, 0.4) is 0 Å². The molecule has 21 heavy (non-hydrogen) atoms. The van der Waals surface area contributed by atoms with Gasteiger partial charge in [-0.1, -0.05) is 5.21 Å². The van der Waals surface area contributed by atoms with Gasteiger partial charge in [-0.2, -0.15) is 0 Å². The summed E-state index contributed by atoms with van der Waals surface area (Å²) in [7, 11) is 0. The van der Waals surface area contributed by atoms with Crippen LogP contribution in [0.4, 0.5) is 8.78 Å². The van der Waals surface area contributed by atoms with Crippen LogP contribution in [0, 0.1) is 11.6 Å². The number of carbonyl (C=O) groups is 2. The van der Waals surface area contributed by atoms with E-state index in [1.165, 1.54) is 6.07 Å². The Morgan fingerprint density at radius 3 is 2.48 bits per heavy atom. The molecule has 0 fully saturated rings. The first-order valence-electron chi connectivity index (χ1n) is 5.74. The first-order valence-corrected chi connectivity index (χ1v) is 5.74. The molecule has 1 heterocycles. The number of carboxylic acid groups (broad SMARTS) is 2. The highest BCUT2D eigenvalue weighted by molar-refractivity contribution is 5.92. The lowest BCUT2D eigenvalue weighted by molar-refractivity contribution is -0.137. The smallest absolute Gasteiger partial charge is 0.358 e. The highest BCUT2D eigenvalue weighted by atomic mass is 19.2. The zero-order valence-electron chi connectivity index (χ0n) is 10.5. The quantitative estimate of drug-likeness (QED) is 0.864. The Balaban J connectivity index is 2.52. The van der Waals surface area contributed by atoms with Crippen LogP contribution in [0.2, 0.25) is 0 Å².